The Kier molecular flexibility index (Phi) is 4.40. The van der Waals surface area contributed by atoms with E-state index in [2.05, 4.69) is 19.2 Å². The predicted octanol–water partition coefficient (Wildman–Crippen LogP) is 1.36. The summed E-state index contributed by atoms with van der Waals surface area (Å²) in [6.07, 6.45) is 4.52. The molecule has 2 rings (SSSR count). The third kappa shape index (κ3) is 2.80. The molecule has 0 aromatic heterocycles. The summed E-state index contributed by atoms with van der Waals surface area (Å²) in [4.78, 5) is 14.1. The summed E-state index contributed by atoms with van der Waals surface area (Å²) in [5, 5.41) is 3.30. The zero-order chi connectivity index (χ0) is 12.3. The first-order valence-corrected chi connectivity index (χ1v) is 6.90. The van der Waals surface area contributed by atoms with Gasteiger partial charge in [0.05, 0.1) is 18.8 Å². The fraction of sp³-hybridized carbons (Fsp3) is 0.923. The number of hydrogen-bond acceptors (Lipinski definition) is 3. The van der Waals surface area contributed by atoms with E-state index >= 15 is 0 Å². The standard InChI is InChI=1S/C13H24N2O2/c1-3-5-11-13(16)15(9-14-11)8-10-6-7-17-12(10)4-2/h10-12,14H,3-9H2,1-2H3. The van der Waals surface area contributed by atoms with Crippen LogP contribution >= 0.6 is 0 Å². The molecule has 4 heteroatoms. The lowest BCUT2D eigenvalue weighted by atomic mass is 9.99. The van der Waals surface area contributed by atoms with E-state index < -0.39 is 0 Å². The van der Waals surface area contributed by atoms with Crippen molar-refractivity contribution in [2.75, 3.05) is 19.8 Å². The molecule has 98 valence electrons. The van der Waals surface area contributed by atoms with Gasteiger partial charge in [0, 0.05) is 19.1 Å². The number of nitrogens with one attached hydrogen (secondary N) is 1. The monoisotopic (exact) mass is 240 g/mol. The highest BCUT2D eigenvalue weighted by atomic mass is 16.5. The number of carbonyl (C=O) groups excluding carboxylic acids is 1. The van der Waals surface area contributed by atoms with Gasteiger partial charge in [0.2, 0.25) is 5.91 Å². The molecule has 17 heavy (non-hydrogen) atoms. The van der Waals surface area contributed by atoms with E-state index in [4.69, 9.17) is 4.74 Å². The maximum atomic E-state index is 12.1. The predicted molar refractivity (Wildman–Crippen MR) is 66.5 cm³/mol. The van der Waals surface area contributed by atoms with Gasteiger partial charge in [-0.25, -0.2) is 0 Å². The van der Waals surface area contributed by atoms with Crippen LogP contribution < -0.4 is 5.32 Å². The molecule has 0 aliphatic carbocycles. The third-order valence-electron chi connectivity index (χ3n) is 3.92. The molecule has 1 amide bonds. The van der Waals surface area contributed by atoms with Crippen molar-refractivity contribution < 1.29 is 9.53 Å². The average molecular weight is 240 g/mol. The summed E-state index contributed by atoms with van der Waals surface area (Å²) in [7, 11) is 0. The number of amides is 1. The molecular weight excluding hydrogens is 216 g/mol. The van der Waals surface area contributed by atoms with Gasteiger partial charge in [-0.15, -0.1) is 0 Å². The molecule has 0 aromatic rings. The summed E-state index contributed by atoms with van der Waals surface area (Å²) >= 11 is 0. The summed E-state index contributed by atoms with van der Waals surface area (Å²) in [5.41, 5.74) is 0. The van der Waals surface area contributed by atoms with E-state index in [1.165, 1.54) is 0 Å². The van der Waals surface area contributed by atoms with E-state index in [-0.39, 0.29) is 11.9 Å². The van der Waals surface area contributed by atoms with Crippen molar-refractivity contribution in [3.63, 3.8) is 0 Å². The Hall–Kier alpha value is -0.610. The zero-order valence-electron chi connectivity index (χ0n) is 10.9. The minimum Gasteiger partial charge on any atom is -0.378 e. The zero-order valence-corrected chi connectivity index (χ0v) is 10.9. The van der Waals surface area contributed by atoms with Crippen LogP contribution in [0.4, 0.5) is 0 Å². The van der Waals surface area contributed by atoms with Crippen molar-refractivity contribution in [3.05, 3.63) is 0 Å². The minimum absolute atomic E-state index is 0.0578. The number of rotatable bonds is 5. The Balaban J connectivity index is 1.85. The maximum Gasteiger partial charge on any atom is 0.240 e. The molecule has 0 aromatic carbocycles. The van der Waals surface area contributed by atoms with E-state index in [1.54, 1.807) is 0 Å². The van der Waals surface area contributed by atoms with Crippen LogP contribution in [0.5, 0.6) is 0 Å². The Bertz CT molecular complexity index is 270. The lowest BCUT2D eigenvalue weighted by Gasteiger charge is -2.23. The van der Waals surface area contributed by atoms with Crippen LogP contribution in [0.1, 0.15) is 39.5 Å². The van der Waals surface area contributed by atoms with Crippen LogP contribution in [0.3, 0.4) is 0 Å². The number of carbonyl (C=O) groups is 1. The van der Waals surface area contributed by atoms with Crippen molar-refractivity contribution >= 4 is 5.91 Å². The highest BCUT2D eigenvalue weighted by Crippen LogP contribution is 2.25. The molecule has 3 atom stereocenters. The number of nitrogens with zero attached hydrogens (tertiary/aromatic N) is 1. The second-order valence-corrected chi connectivity index (χ2v) is 5.13. The lowest BCUT2D eigenvalue weighted by Crippen LogP contribution is -2.36. The van der Waals surface area contributed by atoms with Crippen LogP contribution in [0.25, 0.3) is 0 Å². The van der Waals surface area contributed by atoms with Crippen LogP contribution in [0, 0.1) is 5.92 Å². The van der Waals surface area contributed by atoms with E-state index in [0.29, 0.717) is 12.0 Å². The molecule has 1 N–H and O–H groups in total. The van der Waals surface area contributed by atoms with Gasteiger partial charge in [-0.2, -0.15) is 0 Å². The minimum atomic E-state index is 0.0578. The van der Waals surface area contributed by atoms with Crippen LogP contribution in [0.2, 0.25) is 0 Å². The quantitative estimate of drug-likeness (QED) is 0.789. The van der Waals surface area contributed by atoms with Gasteiger partial charge in [0.15, 0.2) is 0 Å². The Morgan fingerprint density at radius 3 is 3.00 bits per heavy atom. The van der Waals surface area contributed by atoms with E-state index in [1.807, 2.05) is 4.90 Å². The fourth-order valence-corrected chi connectivity index (χ4v) is 2.91. The highest BCUT2D eigenvalue weighted by molar-refractivity contribution is 5.83. The Labute approximate surface area is 104 Å². The molecule has 0 bridgehead atoms. The second-order valence-electron chi connectivity index (χ2n) is 5.13. The van der Waals surface area contributed by atoms with Gasteiger partial charge in [0.1, 0.15) is 0 Å². The van der Waals surface area contributed by atoms with Gasteiger partial charge < -0.3 is 9.64 Å². The molecule has 2 heterocycles. The van der Waals surface area contributed by atoms with Crippen molar-refractivity contribution in [3.8, 4) is 0 Å². The average Bonchev–Trinajstić information content (AvgIpc) is 2.91. The lowest BCUT2D eigenvalue weighted by molar-refractivity contribution is -0.129. The molecule has 0 radical (unpaired) electrons. The smallest absolute Gasteiger partial charge is 0.240 e. The molecule has 0 saturated carbocycles. The first-order chi connectivity index (χ1) is 8.26. The van der Waals surface area contributed by atoms with Gasteiger partial charge >= 0.3 is 0 Å². The van der Waals surface area contributed by atoms with Crippen LogP contribution in [0.15, 0.2) is 0 Å². The van der Waals surface area contributed by atoms with Crippen molar-refractivity contribution in [1.82, 2.24) is 10.2 Å². The van der Waals surface area contributed by atoms with Crippen molar-refractivity contribution in [1.29, 1.82) is 0 Å². The molecule has 2 fully saturated rings. The Morgan fingerprint density at radius 1 is 1.47 bits per heavy atom. The molecule has 4 nitrogen and oxygen atoms in total. The van der Waals surface area contributed by atoms with E-state index in [9.17, 15) is 4.79 Å². The van der Waals surface area contributed by atoms with Crippen LogP contribution in [-0.2, 0) is 9.53 Å². The fourth-order valence-electron chi connectivity index (χ4n) is 2.91. The van der Waals surface area contributed by atoms with Gasteiger partial charge in [-0.1, -0.05) is 20.3 Å². The van der Waals surface area contributed by atoms with Crippen molar-refractivity contribution in [2.24, 2.45) is 5.92 Å². The Morgan fingerprint density at radius 2 is 2.29 bits per heavy atom. The van der Waals surface area contributed by atoms with Gasteiger partial charge in [-0.3, -0.25) is 10.1 Å². The maximum absolute atomic E-state index is 12.1. The summed E-state index contributed by atoms with van der Waals surface area (Å²) < 4.78 is 5.68. The van der Waals surface area contributed by atoms with Gasteiger partial charge in [0.25, 0.3) is 0 Å². The first kappa shape index (κ1) is 12.8. The molecule has 2 aliphatic heterocycles. The number of hydrogen-bond donors (Lipinski definition) is 1. The van der Waals surface area contributed by atoms with Crippen molar-refractivity contribution in [2.45, 2.75) is 51.7 Å². The third-order valence-corrected chi connectivity index (χ3v) is 3.92. The van der Waals surface area contributed by atoms with Gasteiger partial charge in [-0.05, 0) is 19.3 Å². The summed E-state index contributed by atoms with van der Waals surface area (Å²) in [5.74, 6) is 0.819. The molecule has 0 spiro atoms. The molecule has 2 aliphatic rings. The second kappa shape index (κ2) is 5.83. The largest absolute Gasteiger partial charge is 0.378 e. The topological polar surface area (TPSA) is 41.6 Å². The first-order valence-electron chi connectivity index (χ1n) is 6.90. The molecular formula is C13H24N2O2. The highest BCUT2D eigenvalue weighted by Gasteiger charge is 2.35. The van der Waals surface area contributed by atoms with Crippen LogP contribution in [-0.4, -0.2) is 42.8 Å². The number of ether oxygens (including phenoxy) is 1. The summed E-state index contributed by atoms with van der Waals surface area (Å²) in [6.45, 7) is 6.72. The summed E-state index contributed by atoms with van der Waals surface area (Å²) in [6, 6.07) is 0.0578. The molecule has 3 unspecified atom stereocenters. The molecule has 2 saturated heterocycles. The normalized spacial score (nSPS) is 33.6. The SMILES string of the molecule is CCCC1NCN(CC2CCOC2CC)C1=O. The van der Waals surface area contributed by atoms with E-state index in [0.717, 1.165) is 45.5 Å².